The lowest BCUT2D eigenvalue weighted by molar-refractivity contribution is -0.483. The molecule has 1 aromatic carbocycles. The quantitative estimate of drug-likeness (QED) is 0.473. The Labute approximate surface area is 88.4 Å². The average Bonchev–Trinajstić information content (AvgIpc) is 2.15. The number of hydrogen-bond donors (Lipinski definition) is 0. The minimum Gasteiger partial charge on any atom is -0.264 e. The second-order valence-corrected chi connectivity index (χ2v) is 3.60. The summed E-state index contributed by atoms with van der Waals surface area (Å²) in [4.78, 5) is 20.0. The number of halogens is 1. The van der Waals surface area contributed by atoms with Crippen LogP contribution in [0.3, 0.4) is 0 Å². The molecule has 1 rings (SSSR count). The summed E-state index contributed by atoms with van der Waals surface area (Å²) in [6, 6.07) is 5.80. The van der Waals surface area contributed by atoms with Crippen LogP contribution in [0.25, 0.3) is 0 Å². The molecule has 5 nitrogen and oxygen atoms in total. The van der Waals surface area contributed by atoms with Crippen molar-refractivity contribution in [2.75, 3.05) is 6.54 Å². The van der Waals surface area contributed by atoms with Crippen LogP contribution in [0.15, 0.2) is 33.9 Å². The third-order valence-corrected chi connectivity index (χ3v) is 2.23. The number of hydrogen-bond acceptors (Lipinski definition) is 4. The van der Waals surface area contributed by atoms with E-state index in [4.69, 9.17) is 0 Å². The first-order chi connectivity index (χ1) is 6.63. The topological polar surface area (TPSA) is 72.6 Å². The second kappa shape index (κ2) is 4.80. The molecular weight excluding hydrogens is 252 g/mol. The lowest BCUT2D eigenvalue weighted by Gasteiger charge is -2.03. The first-order valence-electron chi connectivity index (χ1n) is 3.83. The van der Waals surface area contributed by atoms with Crippen LogP contribution in [0.5, 0.6) is 0 Å². The maximum absolute atomic E-state index is 10.4. The summed E-state index contributed by atoms with van der Waals surface area (Å²) >= 11 is 3.22. The Balaban J connectivity index is 2.84. The molecule has 0 aliphatic carbocycles. The van der Waals surface area contributed by atoms with Crippen molar-refractivity contribution >= 4 is 15.9 Å². The molecular formula is C8H7BrN2O3. The summed E-state index contributed by atoms with van der Waals surface area (Å²) in [5, 5.41) is 12.9. The highest BCUT2D eigenvalue weighted by Crippen LogP contribution is 2.19. The number of nitro groups is 1. The molecule has 0 heterocycles. The second-order valence-electron chi connectivity index (χ2n) is 2.69. The Bertz CT molecular complexity index is 339. The van der Waals surface area contributed by atoms with E-state index < -0.39 is 17.5 Å². The minimum absolute atomic E-state index is 0.467. The number of nitroso groups, excluding NO2 is 1. The van der Waals surface area contributed by atoms with Gasteiger partial charge in [0.1, 0.15) is 0 Å². The molecule has 0 saturated carbocycles. The molecule has 0 aliphatic heterocycles. The summed E-state index contributed by atoms with van der Waals surface area (Å²) in [7, 11) is 0. The van der Waals surface area contributed by atoms with Crippen molar-refractivity contribution in [2.45, 2.75) is 6.04 Å². The number of rotatable bonds is 4. The zero-order chi connectivity index (χ0) is 10.6. The van der Waals surface area contributed by atoms with Gasteiger partial charge in [0.2, 0.25) is 6.54 Å². The standard InChI is InChI=1S/C8H7BrN2O3/c9-7-3-1-6(2-4-7)8(10-12)5-11(13)14/h1-4,8H,5H2. The summed E-state index contributed by atoms with van der Waals surface area (Å²) in [5.74, 6) is 0. The molecule has 1 unspecified atom stereocenters. The Hall–Kier alpha value is -1.30. The molecule has 0 N–H and O–H groups in total. The van der Waals surface area contributed by atoms with E-state index in [1.54, 1.807) is 24.3 Å². The largest absolute Gasteiger partial charge is 0.264 e. The molecule has 0 fully saturated rings. The Morgan fingerprint density at radius 3 is 2.43 bits per heavy atom. The van der Waals surface area contributed by atoms with Crippen LogP contribution < -0.4 is 0 Å². The van der Waals surface area contributed by atoms with Crippen LogP contribution in [-0.4, -0.2) is 11.5 Å². The Morgan fingerprint density at radius 1 is 1.43 bits per heavy atom. The normalized spacial score (nSPS) is 12.1. The SMILES string of the molecule is O=NC(C[N+](=O)[O-])c1ccc(Br)cc1. The maximum atomic E-state index is 10.4. The van der Waals surface area contributed by atoms with Gasteiger partial charge in [-0.3, -0.25) is 10.1 Å². The van der Waals surface area contributed by atoms with Gasteiger partial charge in [-0.2, -0.15) is 0 Å². The molecule has 14 heavy (non-hydrogen) atoms. The molecule has 0 spiro atoms. The van der Waals surface area contributed by atoms with Crippen LogP contribution in [0, 0.1) is 15.0 Å². The fourth-order valence-corrected chi connectivity index (χ4v) is 1.29. The summed E-state index contributed by atoms with van der Waals surface area (Å²) in [6.45, 7) is -0.467. The van der Waals surface area contributed by atoms with E-state index in [1.165, 1.54) is 0 Å². The van der Waals surface area contributed by atoms with Crippen LogP contribution in [0.1, 0.15) is 11.6 Å². The molecule has 6 heteroatoms. The van der Waals surface area contributed by atoms with Crippen molar-refractivity contribution in [3.8, 4) is 0 Å². The third kappa shape index (κ3) is 2.88. The highest BCUT2D eigenvalue weighted by atomic mass is 79.9. The van der Waals surface area contributed by atoms with Gasteiger partial charge in [0.15, 0.2) is 6.04 Å². The smallest absolute Gasteiger partial charge is 0.233 e. The van der Waals surface area contributed by atoms with E-state index in [0.29, 0.717) is 5.56 Å². The van der Waals surface area contributed by atoms with E-state index in [2.05, 4.69) is 21.1 Å². The van der Waals surface area contributed by atoms with E-state index >= 15 is 0 Å². The van der Waals surface area contributed by atoms with Crippen molar-refractivity contribution in [1.29, 1.82) is 0 Å². The lowest BCUT2D eigenvalue weighted by Crippen LogP contribution is -2.09. The molecule has 1 aromatic rings. The van der Waals surface area contributed by atoms with Gasteiger partial charge in [0.25, 0.3) is 0 Å². The van der Waals surface area contributed by atoms with Crippen LogP contribution in [0.4, 0.5) is 0 Å². The summed E-state index contributed by atoms with van der Waals surface area (Å²) in [6.07, 6.45) is 0. The van der Waals surface area contributed by atoms with Gasteiger partial charge in [0.05, 0.1) is 0 Å². The van der Waals surface area contributed by atoms with Gasteiger partial charge in [-0.05, 0) is 17.7 Å². The monoisotopic (exact) mass is 258 g/mol. The molecule has 0 saturated heterocycles. The van der Waals surface area contributed by atoms with Crippen LogP contribution in [-0.2, 0) is 0 Å². The number of benzene rings is 1. The molecule has 1 atom stereocenters. The van der Waals surface area contributed by atoms with Gasteiger partial charge in [-0.1, -0.05) is 33.2 Å². The Kier molecular flexibility index (Phi) is 3.70. The fraction of sp³-hybridized carbons (Fsp3) is 0.250. The van der Waals surface area contributed by atoms with Crippen molar-refractivity contribution < 1.29 is 4.92 Å². The molecule has 0 bridgehead atoms. The van der Waals surface area contributed by atoms with E-state index in [0.717, 1.165) is 4.47 Å². The van der Waals surface area contributed by atoms with Gasteiger partial charge >= 0.3 is 0 Å². The summed E-state index contributed by atoms with van der Waals surface area (Å²) < 4.78 is 0.854. The van der Waals surface area contributed by atoms with Gasteiger partial charge < -0.3 is 0 Å². The third-order valence-electron chi connectivity index (χ3n) is 1.70. The number of nitrogens with zero attached hydrogens (tertiary/aromatic N) is 2. The van der Waals surface area contributed by atoms with Crippen LogP contribution in [0.2, 0.25) is 0 Å². The first kappa shape index (κ1) is 10.8. The summed E-state index contributed by atoms with van der Waals surface area (Å²) in [5.41, 5.74) is 0.555. The first-order valence-corrected chi connectivity index (χ1v) is 4.62. The van der Waals surface area contributed by atoms with E-state index in [9.17, 15) is 15.0 Å². The van der Waals surface area contributed by atoms with E-state index in [1.807, 2.05) is 0 Å². The molecule has 0 radical (unpaired) electrons. The van der Waals surface area contributed by atoms with Crippen molar-refractivity contribution in [1.82, 2.24) is 0 Å². The highest BCUT2D eigenvalue weighted by molar-refractivity contribution is 9.10. The minimum atomic E-state index is -0.905. The maximum Gasteiger partial charge on any atom is 0.233 e. The predicted octanol–water partition coefficient (Wildman–Crippen LogP) is 2.53. The zero-order valence-electron chi connectivity index (χ0n) is 7.09. The van der Waals surface area contributed by atoms with Crippen molar-refractivity contribution in [2.24, 2.45) is 5.18 Å². The van der Waals surface area contributed by atoms with E-state index in [-0.39, 0.29) is 0 Å². The van der Waals surface area contributed by atoms with Crippen molar-refractivity contribution in [3.05, 3.63) is 49.3 Å². The Morgan fingerprint density at radius 2 is 2.00 bits per heavy atom. The predicted molar refractivity (Wildman–Crippen MR) is 54.5 cm³/mol. The average molecular weight is 259 g/mol. The van der Waals surface area contributed by atoms with Gasteiger partial charge in [0, 0.05) is 9.40 Å². The fourth-order valence-electron chi connectivity index (χ4n) is 1.03. The van der Waals surface area contributed by atoms with Gasteiger partial charge in [-0.25, -0.2) is 0 Å². The van der Waals surface area contributed by atoms with Crippen LogP contribution >= 0.6 is 15.9 Å². The highest BCUT2D eigenvalue weighted by Gasteiger charge is 2.17. The molecule has 0 aliphatic rings. The van der Waals surface area contributed by atoms with Crippen molar-refractivity contribution in [3.63, 3.8) is 0 Å². The molecule has 74 valence electrons. The molecule has 0 aromatic heterocycles. The zero-order valence-corrected chi connectivity index (χ0v) is 8.68. The van der Waals surface area contributed by atoms with Gasteiger partial charge in [-0.15, -0.1) is 4.91 Å². The molecule has 0 amide bonds. The lowest BCUT2D eigenvalue weighted by atomic mass is 10.1.